The minimum Gasteiger partial charge on any atom is -0.478 e. The van der Waals surface area contributed by atoms with Crippen LogP contribution in [0.3, 0.4) is 0 Å². The highest BCUT2D eigenvalue weighted by Gasteiger charge is 2.13. The third-order valence-electron chi connectivity index (χ3n) is 2.19. The van der Waals surface area contributed by atoms with E-state index >= 15 is 0 Å². The van der Waals surface area contributed by atoms with E-state index in [1.165, 1.54) is 12.1 Å². The third-order valence-corrected chi connectivity index (χ3v) is 2.19. The molecular formula is C11H17N3O5. The summed E-state index contributed by atoms with van der Waals surface area (Å²) in [7, 11) is 1.61. The Morgan fingerprint density at radius 3 is 2.74 bits per heavy atom. The summed E-state index contributed by atoms with van der Waals surface area (Å²) in [6.07, 6.45) is 0.683. The highest BCUT2D eigenvalue weighted by molar-refractivity contribution is 5.53. The molecule has 0 saturated carbocycles. The number of ether oxygens (including phenoxy) is 3. The van der Waals surface area contributed by atoms with E-state index < -0.39 is 4.92 Å². The Morgan fingerprint density at radius 2 is 2.11 bits per heavy atom. The number of rotatable bonds is 9. The van der Waals surface area contributed by atoms with E-state index in [2.05, 4.69) is 4.98 Å². The maximum Gasteiger partial charge on any atom is 0.311 e. The van der Waals surface area contributed by atoms with Gasteiger partial charge in [-0.05, 0) is 0 Å². The van der Waals surface area contributed by atoms with Gasteiger partial charge in [-0.25, -0.2) is 0 Å². The van der Waals surface area contributed by atoms with E-state index in [1.54, 1.807) is 7.11 Å². The van der Waals surface area contributed by atoms with E-state index in [9.17, 15) is 10.1 Å². The van der Waals surface area contributed by atoms with Gasteiger partial charge in [-0.3, -0.25) is 10.1 Å². The van der Waals surface area contributed by atoms with Crippen molar-refractivity contribution < 1.29 is 19.1 Å². The fraction of sp³-hybridized carbons (Fsp3) is 0.545. The molecule has 2 N–H and O–H groups in total. The molecule has 106 valence electrons. The molecule has 0 bridgehead atoms. The van der Waals surface area contributed by atoms with Crippen molar-refractivity contribution >= 4 is 11.5 Å². The van der Waals surface area contributed by atoms with E-state index in [0.717, 1.165) is 0 Å². The van der Waals surface area contributed by atoms with Crippen molar-refractivity contribution in [3.63, 3.8) is 0 Å². The standard InChI is InChI=1S/C11H17N3O5/c1-17-7-8-18-5-2-6-19-10-4-3-9(14(15)16)11(12)13-10/h3-4H,2,5-8H2,1H3,(H2,12,13). The Balaban J connectivity index is 2.26. The van der Waals surface area contributed by atoms with E-state index in [-0.39, 0.29) is 17.4 Å². The van der Waals surface area contributed by atoms with E-state index in [4.69, 9.17) is 19.9 Å². The Kier molecular flexibility index (Phi) is 6.55. The summed E-state index contributed by atoms with van der Waals surface area (Å²) in [4.78, 5) is 13.7. The molecule has 0 aliphatic carbocycles. The topological polar surface area (TPSA) is 110 Å². The van der Waals surface area contributed by atoms with Crippen LogP contribution in [0, 0.1) is 10.1 Å². The fourth-order valence-electron chi connectivity index (χ4n) is 1.27. The van der Waals surface area contributed by atoms with Gasteiger partial charge in [-0.15, -0.1) is 0 Å². The van der Waals surface area contributed by atoms with Gasteiger partial charge in [0.25, 0.3) is 0 Å². The Morgan fingerprint density at radius 1 is 1.32 bits per heavy atom. The average molecular weight is 271 g/mol. The number of methoxy groups -OCH3 is 1. The number of aromatic nitrogens is 1. The second-order valence-corrected chi connectivity index (χ2v) is 3.62. The van der Waals surface area contributed by atoms with E-state index in [0.29, 0.717) is 32.8 Å². The number of nitro groups is 1. The first-order valence-corrected chi connectivity index (χ1v) is 5.75. The van der Waals surface area contributed by atoms with Crippen molar-refractivity contribution in [1.82, 2.24) is 4.98 Å². The molecule has 0 atom stereocenters. The zero-order valence-corrected chi connectivity index (χ0v) is 10.7. The number of hydrogen-bond donors (Lipinski definition) is 1. The fourth-order valence-corrected chi connectivity index (χ4v) is 1.27. The quantitative estimate of drug-likeness (QED) is 0.405. The van der Waals surface area contributed by atoms with Crippen LogP contribution in [0.25, 0.3) is 0 Å². The van der Waals surface area contributed by atoms with Gasteiger partial charge in [0, 0.05) is 32.3 Å². The normalized spacial score (nSPS) is 10.4. The highest BCUT2D eigenvalue weighted by Crippen LogP contribution is 2.21. The number of nitrogens with zero attached hydrogens (tertiary/aromatic N) is 2. The molecule has 1 heterocycles. The van der Waals surface area contributed by atoms with Crippen LogP contribution >= 0.6 is 0 Å². The predicted octanol–water partition coefficient (Wildman–Crippen LogP) is 1.00. The van der Waals surface area contributed by atoms with Crippen LogP contribution in [0.15, 0.2) is 12.1 Å². The molecule has 1 aromatic rings. The summed E-state index contributed by atoms with van der Waals surface area (Å²) >= 11 is 0. The molecule has 0 aliphatic heterocycles. The predicted molar refractivity (Wildman–Crippen MR) is 68.1 cm³/mol. The first kappa shape index (κ1) is 15.1. The zero-order valence-electron chi connectivity index (χ0n) is 10.7. The van der Waals surface area contributed by atoms with Crippen molar-refractivity contribution in [3.8, 4) is 5.88 Å². The van der Waals surface area contributed by atoms with Crippen LogP contribution in [0.1, 0.15) is 6.42 Å². The summed E-state index contributed by atoms with van der Waals surface area (Å²) < 4.78 is 15.4. The molecule has 0 aliphatic rings. The average Bonchev–Trinajstić information content (AvgIpc) is 2.37. The molecule has 0 radical (unpaired) electrons. The minimum atomic E-state index is -0.588. The van der Waals surface area contributed by atoms with Gasteiger partial charge < -0.3 is 19.9 Å². The van der Waals surface area contributed by atoms with Gasteiger partial charge >= 0.3 is 5.69 Å². The molecule has 0 amide bonds. The molecular weight excluding hydrogens is 254 g/mol. The molecule has 8 heteroatoms. The molecule has 0 unspecified atom stereocenters. The summed E-state index contributed by atoms with van der Waals surface area (Å²) in [5, 5.41) is 10.5. The molecule has 1 rings (SSSR count). The lowest BCUT2D eigenvalue weighted by molar-refractivity contribution is -0.384. The Hall–Kier alpha value is -1.93. The number of hydrogen-bond acceptors (Lipinski definition) is 7. The summed E-state index contributed by atoms with van der Waals surface area (Å²) in [5.74, 6) is 0.110. The van der Waals surface area contributed by atoms with Crippen molar-refractivity contribution in [2.75, 3.05) is 39.3 Å². The minimum absolute atomic E-state index is 0.154. The van der Waals surface area contributed by atoms with Crippen LogP contribution in [0.2, 0.25) is 0 Å². The first-order valence-electron chi connectivity index (χ1n) is 5.75. The van der Waals surface area contributed by atoms with Gasteiger partial charge in [-0.1, -0.05) is 0 Å². The van der Waals surface area contributed by atoms with Crippen LogP contribution < -0.4 is 10.5 Å². The monoisotopic (exact) mass is 271 g/mol. The Labute approximate surface area is 110 Å². The van der Waals surface area contributed by atoms with Crippen molar-refractivity contribution in [2.24, 2.45) is 0 Å². The molecule has 0 spiro atoms. The second-order valence-electron chi connectivity index (χ2n) is 3.62. The van der Waals surface area contributed by atoms with Crippen molar-refractivity contribution in [2.45, 2.75) is 6.42 Å². The number of nitrogens with two attached hydrogens (primary N) is 1. The van der Waals surface area contributed by atoms with Gasteiger partial charge in [0.1, 0.15) is 0 Å². The highest BCUT2D eigenvalue weighted by atomic mass is 16.6. The van der Waals surface area contributed by atoms with Crippen LogP contribution in [-0.2, 0) is 9.47 Å². The number of pyridine rings is 1. The largest absolute Gasteiger partial charge is 0.478 e. The zero-order chi connectivity index (χ0) is 14.1. The van der Waals surface area contributed by atoms with Gasteiger partial charge in [0.15, 0.2) is 0 Å². The maximum absolute atomic E-state index is 10.5. The summed E-state index contributed by atoms with van der Waals surface area (Å²) in [6.45, 7) is 2.05. The number of nitrogen functional groups attached to an aromatic ring is 1. The first-order chi connectivity index (χ1) is 9.15. The smallest absolute Gasteiger partial charge is 0.311 e. The molecule has 0 aromatic carbocycles. The maximum atomic E-state index is 10.5. The second kappa shape index (κ2) is 8.22. The summed E-state index contributed by atoms with van der Waals surface area (Å²) in [6, 6.07) is 2.69. The van der Waals surface area contributed by atoms with Gasteiger partial charge in [0.2, 0.25) is 11.7 Å². The molecule has 19 heavy (non-hydrogen) atoms. The molecule has 0 saturated heterocycles. The number of anilines is 1. The van der Waals surface area contributed by atoms with Crippen LogP contribution in [0.4, 0.5) is 11.5 Å². The van der Waals surface area contributed by atoms with Gasteiger partial charge in [0.05, 0.1) is 24.7 Å². The Bertz CT molecular complexity index is 413. The lowest BCUT2D eigenvalue weighted by atomic mass is 10.4. The van der Waals surface area contributed by atoms with Crippen LogP contribution in [-0.4, -0.2) is 43.4 Å². The lowest BCUT2D eigenvalue weighted by Gasteiger charge is -2.06. The van der Waals surface area contributed by atoms with Crippen LogP contribution in [0.5, 0.6) is 5.88 Å². The summed E-state index contributed by atoms with van der Waals surface area (Å²) in [5.41, 5.74) is 5.21. The SMILES string of the molecule is COCCOCCCOc1ccc([N+](=O)[O-])c(N)n1. The molecule has 8 nitrogen and oxygen atoms in total. The van der Waals surface area contributed by atoms with Crippen molar-refractivity contribution in [1.29, 1.82) is 0 Å². The van der Waals surface area contributed by atoms with E-state index in [1.807, 2.05) is 0 Å². The lowest BCUT2D eigenvalue weighted by Crippen LogP contribution is -2.08. The molecule has 1 aromatic heterocycles. The molecule has 0 fully saturated rings. The third kappa shape index (κ3) is 5.49. The van der Waals surface area contributed by atoms with Crippen molar-refractivity contribution in [3.05, 3.63) is 22.2 Å². The van der Waals surface area contributed by atoms with Gasteiger partial charge in [-0.2, -0.15) is 4.98 Å².